The first-order chi connectivity index (χ1) is 20.0. The normalized spacial score (nSPS) is 21.6. The summed E-state index contributed by atoms with van der Waals surface area (Å²) >= 11 is 0. The standard InChI is InChI=1S/C28H39FN3O9P/c1-18(2)9-14-23(27(34)39-21-7-5-4-6-8-21)31-42(36,41-22-12-10-20(29)11-13-22)38-17-25-37-16-24(40-25)32-15-19(3)26(33)30-28(32)35/h10-13,15,18,21,23-25H,4-9,14,16-17H2,1-3H3,(H,31,36)(H,30,33,35)/t23-,24+,25+,42?/m0/s1. The number of aromatic amines is 1. The summed E-state index contributed by atoms with van der Waals surface area (Å²) in [6.45, 7) is 5.13. The first-order valence-corrected chi connectivity index (χ1v) is 15.8. The van der Waals surface area contributed by atoms with E-state index in [1.54, 1.807) is 6.92 Å². The molecule has 4 rings (SSSR count). The predicted molar refractivity (Wildman–Crippen MR) is 150 cm³/mol. The molecule has 2 aliphatic rings. The highest BCUT2D eigenvalue weighted by atomic mass is 31.2. The summed E-state index contributed by atoms with van der Waals surface area (Å²) in [4.78, 5) is 39.5. The van der Waals surface area contributed by atoms with Gasteiger partial charge in [-0.1, -0.05) is 20.3 Å². The van der Waals surface area contributed by atoms with Gasteiger partial charge in [0.25, 0.3) is 5.56 Å². The second-order valence-corrected chi connectivity index (χ2v) is 12.7. The molecule has 14 heteroatoms. The van der Waals surface area contributed by atoms with E-state index in [-0.39, 0.29) is 24.4 Å². The quantitative estimate of drug-likeness (QED) is 0.248. The van der Waals surface area contributed by atoms with Crippen molar-refractivity contribution in [2.45, 2.75) is 90.4 Å². The highest BCUT2D eigenvalue weighted by Gasteiger charge is 2.38. The average molecular weight is 612 g/mol. The Morgan fingerprint density at radius 2 is 1.88 bits per heavy atom. The lowest BCUT2D eigenvalue weighted by atomic mass is 9.97. The minimum Gasteiger partial charge on any atom is -0.461 e. The van der Waals surface area contributed by atoms with Gasteiger partial charge in [-0.15, -0.1) is 0 Å². The van der Waals surface area contributed by atoms with Gasteiger partial charge in [0, 0.05) is 11.8 Å². The van der Waals surface area contributed by atoms with Crippen LogP contribution in [0.5, 0.6) is 5.75 Å². The van der Waals surface area contributed by atoms with E-state index in [1.165, 1.54) is 22.9 Å². The van der Waals surface area contributed by atoms with Crippen LogP contribution in [-0.2, 0) is 28.1 Å². The number of aryl methyl sites for hydroxylation is 1. The van der Waals surface area contributed by atoms with E-state index < -0.39 is 55.9 Å². The SMILES string of the molecule is Cc1cn([C@H]2CO[C@@H](COP(=O)(N[C@@H](CCC(C)C)C(=O)OC3CCCCC3)Oc3ccc(F)cc3)O2)c(=O)[nH]c1=O. The number of benzene rings is 1. The van der Waals surface area contributed by atoms with Crippen molar-refractivity contribution in [2.75, 3.05) is 13.2 Å². The van der Waals surface area contributed by atoms with Crippen molar-refractivity contribution in [3.63, 3.8) is 0 Å². The lowest BCUT2D eigenvalue weighted by molar-refractivity contribution is -0.153. The largest absolute Gasteiger partial charge is 0.461 e. The molecule has 1 saturated carbocycles. The maximum atomic E-state index is 14.1. The molecule has 2 heterocycles. The number of aromatic nitrogens is 2. The number of nitrogens with one attached hydrogen (secondary N) is 2. The third-order valence-electron chi connectivity index (χ3n) is 7.08. The molecule has 42 heavy (non-hydrogen) atoms. The van der Waals surface area contributed by atoms with Gasteiger partial charge in [0.1, 0.15) is 30.3 Å². The molecule has 1 aromatic heterocycles. The third kappa shape index (κ3) is 9.08. The van der Waals surface area contributed by atoms with Crippen molar-refractivity contribution in [1.82, 2.24) is 14.6 Å². The summed E-state index contributed by atoms with van der Waals surface area (Å²) in [5.41, 5.74) is -0.863. The predicted octanol–water partition coefficient (Wildman–Crippen LogP) is 4.33. The number of carbonyl (C=O) groups excluding carboxylic acids is 1. The second-order valence-electron chi connectivity index (χ2n) is 11.0. The molecular weight excluding hydrogens is 572 g/mol. The third-order valence-corrected chi connectivity index (χ3v) is 8.64. The maximum absolute atomic E-state index is 14.1. The number of halogens is 1. The molecule has 0 amide bonds. The van der Waals surface area contributed by atoms with Crippen LogP contribution in [0.2, 0.25) is 0 Å². The van der Waals surface area contributed by atoms with Crippen LogP contribution in [0.25, 0.3) is 0 Å². The fourth-order valence-corrected chi connectivity index (χ4v) is 6.23. The number of H-pyrrole nitrogens is 1. The molecule has 0 radical (unpaired) electrons. The molecule has 2 N–H and O–H groups in total. The van der Waals surface area contributed by atoms with E-state index in [0.29, 0.717) is 18.4 Å². The van der Waals surface area contributed by atoms with E-state index in [2.05, 4.69) is 10.1 Å². The molecule has 1 aliphatic carbocycles. The van der Waals surface area contributed by atoms with Crippen molar-refractivity contribution in [3.05, 3.63) is 62.7 Å². The smallest absolute Gasteiger partial charge is 0.459 e. The zero-order valence-corrected chi connectivity index (χ0v) is 25.0. The Balaban J connectivity index is 1.49. The van der Waals surface area contributed by atoms with E-state index in [9.17, 15) is 23.3 Å². The molecule has 4 atom stereocenters. The van der Waals surface area contributed by atoms with Crippen molar-refractivity contribution in [2.24, 2.45) is 5.92 Å². The highest BCUT2D eigenvalue weighted by molar-refractivity contribution is 7.52. The van der Waals surface area contributed by atoms with Gasteiger partial charge in [-0.05, 0) is 75.6 Å². The Kier molecular flexibility index (Phi) is 11.1. The van der Waals surface area contributed by atoms with Gasteiger partial charge in [0.15, 0.2) is 12.5 Å². The van der Waals surface area contributed by atoms with Gasteiger partial charge in [-0.3, -0.25) is 23.7 Å². The first kappa shape index (κ1) is 32.1. The van der Waals surface area contributed by atoms with Gasteiger partial charge in [0.2, 0.25) is 0 Å². The van der Waals surface area contributed by atoms with Gasteiger partial charge >= 0.3 is 19.4 Å². The zero-order valence-electron chi connectivity index (χ0n) is 24.1. The Labute approximate surface area is 243 Å². The van der Waals surface area contributed by atoms with E-state index >= 15 is 0 Å². The number of ether oxygens (including phenoxy) is 3. The molecule has 232 valence electrons. The van der Waals surface area contributed by atoms with E-state index in [4.69, 9.17) is 23.3 Å². The Bertz CT molecular complexity index is 1360. The summed E-state index contributed by atoms with van der Waals surface area (Å²) in [5.74, 6) is -0.747. The van der Waals surface area contributed by atoms with Crippen LogP contribution in [0.3, 0.4) is 0 Å². The topological polar surface area (TPSA) is 147 Å². The monoisotopic (exact) mass is 611 g/mol. The molecule has 0 spiro atoms. The van der Waals surface area contributed by atoms with Crippen molar-refractivity contribution in [1.29, 1.82) is 0 Å². The number of nitrogens with zero attached hydrogens (tertiary/aromatic N) is 1. The van der Waals surface area contributed by atoms with Gasteiger partial charge in [-0.25, -0.2) is 13.8 Å². The molecule has 2 fully saturated rings. The summed E-state index contributed by atoms with van der Waals surface area (Å²) < 4.78 is 57.4. The number of esters is 1. The number of hydrogen-bond donors (Lipinski definition) is 2. The summed E-state index contributed by atoms with van der Waals surface area (Å²) in [7, 11) is -4.30. The lowest BCUT2D eigenvalue weighted by Gasteiger charge is -2.28. The second kappa shape index (κ2) is 14.6. The molecular formula is C28H39FN3O9P. The van der Waals surface area contributed by atoms with Crippen LogP contribution in [0, 0.1) is 18.7 Å². The minimum atomic E-state index is -4.30. The molecule has 2 aromatic rings. The Morgan fingerprint density at radius 1 is 1.17 bits per heavy atom. The van der Waals surface area contributed by atoms with E-state index in [0.717, 1.165) is 44.2 Å². The van der Waals surface area contributed by atoms with E-state index in [1.807, 2.05) is 13.8 Å². The molecule has 12 nitrogen and oxygen atoms in total. The average Bonchev–Trinajstić information content (AvgIpc) is 3.43. The summed E-state index contributed by atoms with van der Waals surface area (Å²) in [6, 6.07) is 3.87. The fraction of sp³-hybridized carbons (Fsp3) is 0.607. The molecule has 1 aromatic carbocycles. The zero-order chi connectivity index (χ0) is 30.3. The van der Waals surface area contributed by atoms with Crippen LogP contribution in [0.4, 0.5) is 4.39 Å². The van der Waals surface area contributed by atoms with Crippen molar-refractivity contribution < 1.29 is 37.0 Å². The minimum absolute atomic E-state index is 0.0410. The van der Waals surface area contributed by atoms with Crippen LogP contribution in [-0.4, -0.2) is 47.2 Å². The number of carbonyl (C=O) groups is 1. The highest BCUT2D eigenvalue weighted by Crippen LogP contribution is 2.46. The molecule has 0 bridgehead atoms. The fourth-order valence-electron chi connectivity index (χ4n) is 4.72. The number of hydrogen-bond acceptors (Lipinski definition) is 9. The Hall–Kier alpha value is -2.83. The Morgan fingerprint density at radius 3 is 2.57 bits per heavy atom. The van der Waals surface area contributed by atoms with Gasteiger partial charge in [-0.2, -0.15) is 5.09 Å². The lowest BCUT2D eigenvalue weighted by Crippen LogP contribution is -2.40. The van der Waals surface area contributed by atoms with Crippen LogP contribution >= 0.6 is 7.75 Å². The van der Waals surface area contributed by atoms with Crippen molar-refractivity contribution >= 4 is 13.7 Å². The summed E-state index contributed by atoms with van der Waals surface area (Å²) in [6.07, 6.45) is 4.80. The maximum Gasteiger partial charge on any atom is 0.459 e. The first-order valence-electron chi connectivity index (χ1n) is 14.3. The van der Waals surface area contributed by atoms with Crippen LogP contribution in [0.15, 0.2) is 40.1 Å². The van der Waals surface area contributed by atoms with Crippen LogP contribution < -0.4 is 20.9 Å². The molecule has 1 unspecified atom stereocenters. The number of rotatable bonds is 13. The molecule has 1 aliphatic heterocycles. The van der Waals surface area contributed by atoms with Gasteiger partial charge < -0.3 is 18.7 Å². The van der Waals surface area contributed by atoms with Crippen LogP contribution in [0.1, 0.15) is 70.6 Å². The molecule has 1 saturated heterocycles. The summed E-state index contributed by atoms with van der Waals surface area (Å²) in [5, 5.41) is 2.76. The van der Waals surface area contributed by atoms with Crippen molar-refractivity contribution in [3.8, 4) is 5.75 Å². The van der Waals surface area contributed by atoms with Gasteiger partial charge in [0.05, 0.1) is 6.61 Å².